The van der Waals surface area contributed by atoms with Crippen LogP contribution in [-0.4, -0.2) is 50.4 Å². The molecule has 0 aliphatic heterocycles. The molecule has 1 N–H and O–H groups in total. The van der Waals surface area contributed by atoms with Crippen LogP contribution in [-0.2, 0) is 22.6 Å². The predicted molar refractivity (Wildman–Crippen MR) is 109 cm³/mol. The highest BCUT2D eigenvalue weighted by atomic mass is 16.5. The second kappa shape index (κ2) is 10.5. The van der Waals surface area contributed by atoms with Crippen molar-refractivity contribution in [3.63, 3.8) is 0 Å². The number of likely N-dealkylation sites (N-methyl/N-ethyl adjacent to an activating group) is 1. The van der Waals surface area contributed by atoms with Gasteiger partial charge in [-0.25, -0.2) is 0 Å². The maximum absolute atomic E-state index is 12.5. The van der Waals surface area contributed by atoms with E-state index in [2.05, 4.69) is 5.32 Å². The lowest BCUT2D eigenvalue weighted by Crippen LogP contribution is -2.45. The van der Waals surface area contributed by atoms with E-state index >= 15 is 0 Å². The lowest BCUT2D eigenvalue weighted by Gasteiger charge is -2.21. The summed E-state index contributed by atoms with van der Waals surface area (Å²) < 4.78 is 10.8. The molecule has 0 bridgehead atoms. The van der Waals surface area contributed by atoms with Crippen molar-refractivity contribution in [2.45, 2.75) is 25.9 Å². The smallest absolute Gasteiger partial charge is 0.234 e. The molecule has 2 aromatic rings. The maximum atomic E-state index is 12.5. The van der Waals surface area contributed by atoms with E-state index in [9.17, 15) is 9.59 Å². The fourth-order valence-electron chi connectivity index (χ4n) is 3.06. The number of ketones is 1. The molecule has 150 valence electrons. The third-order valence-electron chi connectivity index (χ3n) is 4.45. The van der Waals surface area contributed by atoms with Crippen LogP contribution in [0.4, 0.5) is 0 Å². The Labute approximate surface area is 166 Å². The Morgan fingerprint density at radius 1 is 1.04 bits per heavy atom. The third kappa shape index (κ3) is 6.09. The highest BCUT2D eigenvalue weighted by Gasteiger charge is 2.19. The second-order valence-corrected chi connectivity index (χ2v) is 6.75. The Morgan fingerprint density at radius 2 is 1.75 bits per heavy atom. The van der Waals surface area contributed by atoms with Gasteiger partial charge in [0.05, 0.1) is 26.8 Å². The van der Waals surface area contributed by atoms with Crippen LogP contribution in [0, 0.1) is 0 Å². The molecule has 0 spiro atoms. The Bertz CT molecular complexity index is 792. The predicted octanol–water partition coefficient (Wildman–Crippen LogP) is 2.45. The minimum atomic E-state index is -0.533. The van der Waals surface area contributed by atoms with Gasteiger partial charge in [-0.15, -0.1) is 0 Å². The molecule has 0 heterocycles. The molecule has 0 aliphatic carbocycles. The Morgan fingerprint density at radius 3 is 2.36 bits per heavy atom. The SMILES string of the molecule is COc1cccc(CN(C)CC(=O)N[C@H](Cc2ccccc2)C(C)=O)c1OC. The zero-order chi connectivity index (χ0) is 20.5. The van der Waals surface area contributed by atoms with E-state index in [4.69, 9.17) is 9.47 Å². The highest BCUT2D eigenvalue weighted by Crippen LogP contribution is 2.31. The van der Waals surface area contributed by atoms with Gasteiger partial charge in [0, 0.05) is 12.1 Å². The number of carbonyl (C=O) groups excluding carboxylic acids is 2. The summed E-state index contributed by atoms with van der Waals surface area (Å²) in [5, 5.41) is 2.85. The number of ether oxygens (including phenoxy) is 2. The van der Waals surface area contributed by atoms with Crippen LogP contribution in [0.5, 0.6) is 11.5 Å². The maximum Gasteiger partial charge on any atom is 0.234 e. The van der Waals surface area contributed by atoms with Crippen molar-refractivity contribution in [3.05, 3.63) is 59.7 Å². The van der Waals surface area contributed by atoms with Gasteiger partial charge in [-0.05, 0) is 32.0 Å². The number of Topliss-reactive ketones (excluding diaryl/α,β-unsaturated/α-hetero) is 1. The molecule has 0 aromatic heterocycles. The van der Waals surface area contributed by atoms with Gasteiger partial charge in [0.25, 0.3) is 0 Å². The van der Waals surface area contributed by atoms with Crippen LogP contribution >= 0.6 is 0 Å². The van der Waals surface area contributed by atoms with Gasteiger partial charge in [0.15, 0.2) is 17.3 Å². The zero-order valence-electron chi connectivity index (χ0n) is 16.9. The van der Waals surface area contributed by atoms with Gasteiger partial charge in [0.1, 0.15) is 0 Å². The molecule has 0 radical (unpaired) electrons. The van der Waals surface area contributed by atoms with Crippen LogP contribution in [0.1, 0.15) is 18.1 Å². The van der Waals surface area contributed by atoms with E-state index in [1.54, 1.807) is 14.2 Å². The normalized spacial score (nSPS) is 11.8. The van der Waals surface area contributed by atoms with Crippen LogP contribution < -0.4 is 14.8 Å². The third-order valence-corrected chi connectivity index (χ3v) is 4.45. The first-order valence-electron chi connectivity index (χ1n) is 9.16. The van der Waals surface area contributed by atoms with Crippen LogP contribution in [0.25, 0.3) is 0 Å². The molecule has 0 saturated carbocycles. The second-order valence-electron chi connectivity index (χ2n) is 6.75. The summed E-state index contributed by atoms with van der Waals surface area (Å²) in [6.07, 6.45) is 0.481. The number of rotatable bonds is 10. The number of benzene rings is 2. The van der Waals surface area contributed by atoms with Gasteiger partial charge >= 0.3 is 0 Å². The average molecular weight is 384 g/mol. The molecule has 0 fully saturated rings. The zero-order valence-corrected chi connectivity index (χ0v) is 16.9. The fourth-order valence-corrected chi connectivity index (χ4v) is 3.06. The summed E-state index contributed by atoms with van der Waals surface area (Å²) in [6, 6.07) is 14.8. The molecule has 6 heteroatoms. The number of methoxy groups -OCH3 is 2. The Hall–Kier alpha value is -2.86. The van der Waals surface area contributed by atoms with Crippen molar-refractivity contribution < 1.29 is 19.1 Å². The number of carbonyl (C=O) groups is 2. The summed E-state index contributed by atoms with van der Waals surface area (Å²) in [7, 11) is 5.03. The average Bonchev–Trinajstić information content (AvgIpc) is 2.67. The lowest BCUT2D eigenvalue weighted by atomic mass is 10.0. The summed E-state index contributed by atoms with van der Waals surface area (Å²) in [4.78, 5) is 26.3. The first kappa shape index (κ1) is 21.4. The standard InChI is InChI=1S/C22H28N2O4/c1-16(25)19(13-17-9-6-5-7-10-17)23-21(26)15-24(2)14-18-11-8-12-20(27-3)22(18)28-4/h5-12,19H,13-15H2,1-4H3,(H,23,26)/t19-/m1/s1. The Kier molecular flexibility index (Phi) is 8.02. The van der Waals surface area contributed by atoms with E-state index < -0.39 is 6.04 Å². The molecular weight excluding hydrogens is 356 g/mol. The quantitative estimate of drug-likeness (QED) is 0.682. The van der Waals surface area contributed by atoms with Crippen molar-refractivity contribution in [2.75, 3.05) is 27.8 Å². The first-order chi connectivity index (χ1) is 13.4. The summed E-state index contributed by atoms with van der Waals surface area (Å²) in [5.41, 5.74) is 1.93. The monoisotopic (exact) mass is 384 g/mol. The molecule has 2 rings (SSSR count). The van der Waals surface area contributed by atoms with Gasteiger partial charge in [-0.3, -0.25) is 14.5 Å². The molecule has 2 aromatic carbocycles. The molecule has 28 heavy (non-hydrogen) atoms. The number of amides is 1. The van der Waals surface area contributed by atoms with Crippen molar-refractivity contribution in [2.24, 2.45) is 0 Å². The molecule has 0 saturated heterocycles. The molecule has 0 aliphatic rings. The molecular formula is C22H28N2O4. The van der Waals surface area contributed by atoms with E-state index in [0.29, 0.717) is 24.5 Å². The van der Waals surface area contributed by atoms with Gasteiger partial charge in [0.2, 0.25) is 5.91 Å². The van der Waals surface area contributed by atoms with Crippen molar-refractivity contribution in [3.8, 4) is 11.5 Å². The van der Waals surface area contributed by atoms with E-state index in [0.717, 1.165) is 11.1 Å². The topological polar surface area (TPSA) is 67.9 Å². The molecule has 1 amide bonds. The number of hydrogen-bond donors (Lipinski definition) is 1. The van der Waals surface area contributed by atoms with Crippen LogP contribution in [0.15, 0.2) is 48.5 Å². The minimum Gasteiger partial charge on any atom is -0.493 e. The van der Waals surface area contributed by atoms with Gasteiger partial charge in [-0.1, -0.05) is 42.5 Å². The van der Waals surface area contributed by atoms with Gasteiger partial charge in [-0.2, -0.15) is 0 Å². The van der Waals surface area contributed by atoms with Crippen LogP contribution in [0.2, 0.25) is 0 Å². The molecule has 0 unspecified atom stereocenters. The van der Waals surface area contributed by atoms with Crippen molar-refractivity contribution in [1.82, 2.24) is 10.2 Å². The lowest BCUT2D eigenvalue weighted by molar-refractivity contribution is -0.127. The number of para-hydroxylation sites is 1. The number of hydrogen-bond acceptors (Lipinski definition) is 5. The fraction of sp³-hybridized carbons (Fsp3) is 0.364. The number of nitrogens with zero attached hydrogens (tertiary/aromatic N) is 1. The van der Waals surface area contributed by atoms with E-state index in [1.165, 1.54) is 6.92 Å². The summed E-state index contributed by atoms with van der Waals surface area (Å²) in [5.74, 6) is 1.05. The van der Waals surface area contributed by atoms with Gasteiger partial charge < -0.3 is 14.8 Å². The van der Waals surface area contributed by atoms with E-state index in [1.807, 2.05) is 60.5 Å². The molecule has 6 nitrogen and oxygen atoms in total. The first-order valence-corrected chi connectivity index (χ1v) is 9.16. The van der Waals surface area contributed by atoms with Crippen molar-refractivity contribution in [1.29, 1.82) is 0 Å². The number of nitrogens with one attached hydrogen (secondary N) is 1. The van der Waals surface area contributed by atoms with Crippen LogP contribution in [0.3, 0.4) is 0 Å². The summed E-state index contributed by atoms with van der Waals surface area (Å²) >= 11 is 0. The molecule has 1 atom stereocenters. The van der Waals surface area contributed by atoms with E-state index in [-0.39, 0.29) is 18.2 Å². The minimum absolute atomic E-state index is 0.0608. The largest absolute Gasteiger partial charge is 0.493 e. The Balaban J connectivity index is 1.97. The van der Waals surface area contributed by atoms with Crippen molar-refractivity contribution >= 4 is 11.7 Å². The summed E-state index contributed by atoms with van der Waals surface area (Å²) in [6.45, 7) is 2.18. The highest BCUT2D eigenvalue weighted by molar-refractivity contribution is 5.88.